The predicted octanol–water partition coefficient (Wildman–Crippen LogP) is 3.59. The van der Waals surface area contributed by atoms with Crippen LogP contribution < -0.4 is 15.0 Å². The summed E-state index contributed by atoms with van der Waals surface area (Å²) in [4.78, 5) is 41.5. The van der Waals surface area contributed by atoms with Gasteiger partial charge in [-0.3, -0.25) is 19.7 Å². The molecule has 2 saturated heterocycles. The lowest BCUT2D eigenvalue weighted by molar-refractivity contribution is -0.153. The third-order valence-electron chi connectivity index (χ3n) is 6.78. The smallest absolute Gasteiger partial charge is 0.326 e. The second kappa shape index (κ2) is 8.63. The molecule has 2 aromatic rings. The van der Waals surface area contributed by atoms with Crippen LogP contribution in [0.5, 0.6) is 5.75 Å². The summed E-state index contributed by atoms with van der Waals surface area (Å²) in [6, 6.07) is 14.3. The monoisotopic (exact) mass is 450 g/mol. The van der Waals surface area contributed by atoms with E-state index in [1.165, 1.54) is 10.5 Å². The number of methoxy groups -OCH3 is 1. The van der Waals surface area contributed by atoms with E-state index < -0.39 is 35.3 Å². The molecule has 0 unspecified atom stereocenters. The molecule has 1 N–H and O–H groups in total. The Balaban J connectivity index is 1.77. The molecule has 0 aromatic heterocycles. The number of nitrogens with one attached hydrogen (secondary N) is 1. The molecule has 33 heavy (non-hydrogen) atoms. The lowest BCUT2D eigenvalue weighted by Crippen LogP contribution is -2.54. The highest BCUT2D eigenvalue weighted by atomic mass is 16.5. The molecule has 2 heterocycles. The van der Waals surface area contributed by atoms with Crippen molar-refractivity contribution in [2.75, 3.05) is 18.6 Å². The summed E-state index contributed by atoms with van der Waals surface area (Å²) < 4.78 is 10.5. The van der Waals surface area contributed by atoms with E-state index in [9.17, 15) is 14.4 Å². The van der Waals surface area contributed by atoms with E-state index in [1.807, 2.05) is 24.3 Å². The maximum Gasteiger partial charge on any atom is 0.326 e. The van der Waals surface area contributed by atoms with Gasteiger partial charge in [-0.2, -0.15) is 0 Å². The quantitative estimate of drug-likeness (QED) is 0.535. The highest BCUT2D eigenvalue weighted by Crippen LogP contribution is 2.50. The molecule has 4 atom stereocenters. The zero-order valence-electron chi connectivity index (χ0n) is 19.6. The number of hydrogen-bond acceptors (Lipinski definition) is 6. The van der Waals surface area contributed by atoms with Crippen LogP contribution in [0.15, 0.2) is 48.5 Å². The van der Waals surface area contributed by atoms with Gasteiger partial charge in [0.1, 0.15) is 11.3 Å². The number of benzene rings is 2. The number of ether oxygens (including phenoxy) is 2. The first kappa shape index (κ1) is 23.0. The molecule has 0 aliphatic carbocycles. The Hall–Kier alpha value is -3.19. The number of carbonyl (C=O) groups is 3. The summed E-state index contributed by atoms with van der Waals surface area (Å²) in [6.07, 6.45) is 0. The topological polar surface area (TPSA) is 84.9 Å². The van der Waals surface area contributed by atoms with Crippen molar-refractivity contribution >= 4 is 23.5 Å². The van der Waals surface area contributed by atoms with Crippen molar-refractivity contribution in [3.8, 4) is 5.75 Å². The first-order valence-electron chi connectivity index (χ1n) is 11.3. The maximum absolute atomic E-state index is 13.7. The van der Waals surface area contributed by atoms with Crippen molar-refractivity contribution in [1.29, 1.82) is 0 Å². The van der Waals surface area contributed by atoms with Crippen LogP contribution in [0.25, 0.3) is 0 Å². The van der Waals surface area contributed by atoms with Crippen LogP contribution in [0.1, 0.15) is 50.8 Å². The largest absolute Gasteiger partial charge is 0.497 e. The molecule has 2 aliphatic heterocycles. The third-order valence-corrected chi connectivity index (χ3v) is 6.78. The van der Waals surface area contributed by atoms with Crippen LogP contribution in [0.4, 0.5) is 5.69 Å². The minimum Gasteiger partial charge on any atom is -0.497 e. The highest BCUT2D eigenvalue weighted by Gasteiger charge is 2.67. The molecule has 4 rings (SSSR count). The lowest BCUT2D eigenvalue weighted by atomic mass is 9.80. The van der Waals surface area contributed by atoms with Crippen LogP contribution >= 0.6 is 0 Å². The molecule has 2 amide bonds. The molecule has 0 saturated carbocycles. The van der Waals surface area contributed by atoms with E-state index in [1.54, 1.807) is 45.2 Å². The lowest BCUT2D eigenvalue weighted by Gasteiger charge is -2.29. The average molecular weight is 451 g/mol. The van der Waals surface area contributed by atoms with Crippen LogP contribution in [-0.2, 0) is 19.1 Å². The van der Waals surface area contributed by atoms with Gasteiger partial charge in [-0.1, -0.05) is 38.1 Å². The number of hydrogen-bond donors (Lipinski definition) is 1. The van der Waals surface area contributed by atoms with Gasteiger partial charge in [0.25, 0.3) is 0 Å². The summed E-state index contributed by atoms with van der Waals surface area (Å²) in [5.74, 6) is -1.86. The Morgan fingerprint density at radius 1 is 1.06 bits per heavy atom. The first-order chi connectivity index (χ1) is 15.7. The van der Waals surface area contributed by atoms with Gasteiger partial charge in [-0.15, -0.1) is 0 Å². The number of nitrogens with zero attached hydrogens (tertiary/aromatic N) is 1. The molecular weight excluding hydrogens is 420 g/mol. The fraction of sp³-hybridized carbons (Fsp3) is 0.423. The Labute approximate surface area is 194 Å². The molecule has 0 spiro atoms. The van der Waals surface area contributed by atoms with E-state index >= 15 is 0 Å². The van der Waals surface area contributed by atoms with E-state index in [2.05, 4.69) is 19.2 Å². The number of fused-ring (bicyclic) bond motifs is 1. The van der Waals surface area contributed by atoms with Crippen molar-refractivity contribution in [3.05, 3.63) is 59.7 Å². The summed E-state index contributed by atoms with van der Waals surface area (Å²) in [7, 11) is 1.55. The summed E-state index contributed by atoms with van der Waals surface area (Å²) in [5.41, 5.74) is 1.17. The van der Waals surface area contributed by atoms with E-state index in [4.69, 9.17) is 9.47 Å². The standard InChI is InChI=1S/C26H30N2O5/c1-6-33-25(31)26(4)21-20(22(27-26)17-9-7-16(8-10-17)15(2)3)23(29)28(24(21)30)18-11-13-19(32-5)14-12-18/h7-15,20-22,27H,6H2,1-5H3/t20-,21+,22-,26+/m0/s1. The summed E-state index contributed by atoms with van der Waals surface area (Å²) in [6.45, 7) is 7.80. The number of carbonyl (C=O) groups excluding carboxylic acids is 3. The fourth-order valence-electron chi connectivity index (χ4n) is 4.97. The summed E-state index contributed by atoms with van der Waals surface area (Å²) >= 11 is 0. The van der Waals surface area contributed by atoms with Gasteiger partial charge < -0.3 is 9.47 Å². The van der Waals surface area contributed by atoms with E-state index in [0.29, 0.717) is 17.4 Å². The molecule has 0 bridgehead atoms. The first-order valence-corrected chi connectivity index (χ1v) is 11.3. The highest BCUT2D eigenvalue weighted by molar-refractivity contribution is 6.24. The van der Waals surface area contributed by atoms with Gasteiger partial charge in [-0.05, 0) is 55.2 Å². The second-order valence-corrected chi connectivity index (χ2v) is 9.08. The van der Waals surface area contributed by atoms with E-state index in [0.717, 1.165) is 5.56 Å². The predicted molar refractivity (Wildman–Crippen MR) is 124 cm³/mol. The van der Waals surface area contributed by atoms with Crippen LogP contribution in [0, 0.1) is 11.8 Å². The van der Waals surface area contributed by atoms with Gasteiger partial charge in [0.15, 0.2) is 0 Å². The van der Waals surface area contributed by atoms with Crippen LogP contribution in [0.2, 0.25) is 0 Å². The van der Waals surface area contributed by atoms with Crippen molar-refractivity contribution in [1.82, 2.24) is 5.32 Å². The number of anilines is 1. The second-order valence-electron chi connectivity index (χ2n) is 9.08. The normalized spacial score (nSPS) is 26.6. The average Bonchev–Trinajstić information content (AvgIpc) is 3.27. The zero-order valence-corrected chi connectivity index (χ0v) is 19.6. The molecule has 2 aromatic carbocycles. The SMILES string of the molecule is CCOC(=O)[C@]1(C)N[C@@H](c2ccc(C(C)C)cc2)[C@H]2C(=O)N(c3ccc(OC)cc3)C(=O)[C@@H]21. The van der Waals surface area contributed by atoms with Gasteiger partial charge in [0, 0.05) is 6.04 Å². The Kier molecular flexibility index (Phi) is 6.01. The van der Waals surface area contributed by atoms with Gasteiger partial charge >= 0.3 is 5.97 Å². The van der Waals surface area contributed by atoms with Gasteiger partial charge in [-0.25, -0.2) is 4.90 Å². The molecule has 0 radical (unpaired) electrons. The van der Waals surface area contributed by atoms with Crippen molar-refractivity contribution in [3.63, 3.8) is 0 Å². The summed E-state index contributed by atoms with van der Waals surface area (Å²) in [5, 5.41) is 3.31. The zero-order chi connectivity index (χ0) is 23.9. The van der Waals surface area contributed by atoms with Crippen LogP contribution in [0.3, 0.4) is 0 Å². The number of imide groups is 1. The molecule has 174 valence electrons. The number of esters is 1. The molecule has 2 aliphatic rings. The Bertz CT molecular complexity index is 1060. The van der Waals surface area contributed by atoms with Crippen LogP contribution in [-0.4, -0.2) is 37.0 Å². The Morgan fingerprint density at radius 2 is 1.70 bits per heavy atom. The van der Waals surface area contributed by atoms with Gasteiger partial charge in [0.2, 0.25) is 11.8 Å². The Morgan fingerprint density at radius 3 is 2.24 bits per heavy atom. The van der Waals surface area contributed by atoms with Gasteiger partial charge in [0.05, 0.1) is 31.2 Å². The molecular formula is C26H30N2O5. The maximum atomic E-state index is 13.7. The molecule has 2 fully saturated rings. The minimum absolute atomic E-state index is 0.186. The van der Waals surface area contributed by atoms with Crippen molar-refractivity contribution < 1.29 is 23.9 Å². The third kappa shape index (κ3) is 3.70. The minimum atomic E-state index is -1.32. The molecule has 7 nitrogen and oxygen atoms in total. The van der Waals surface area contributed by atoms with Crippen molar-refractivity contribution in [2.24, 2.45) is 11.8 Å². The van der Waals surface area contributed by atoms with Crippen molar-refractivity contribution in [2.45, 2.75) is 45.2 Å². The number of rotatable bonds is 6. The van der Waals surface area contributed by atoms with E-state index in [-0.39, 0.29) is 12.5 Å². The fourth-order valence-corrected chi connectivity index (χ4v) is 4.97. The molecule has 7 heteroatoms. The number of amides is 2.